The number of hydrogen-bond acceptors (Lipinski definition) is 4. The topological polar surface area (TPSA) is 75.7 Å². The van der Waals surface area contributed by atoms with Gasteiger partial charge >= 0.3 is 0 Å². The molecule has 1 aromatic rings. The molecule has 1 aromatic carbocycles. The van der Waals surface area contributed by atoms with E-state index in [1.165, 1.54) is 16.4 Å². The number of morpholine rings is 1. The molecule has 2 unspecified atom stereocenters. The van der Waals surface area contributed by atoms with Crippen LogP contribution in [0.5, 0.6) is 0 Å². The number of sulfonamides is 1. The number of anilines is 1. The summed E-state index contributed by atoms with van der Waals surface area (Å²) in [6, 6.07) is 3.66. The fourth-order valence-corrected chi connectivity index (χ4v) is 5.27. The Morgan fingerprint density at radius 1 is 1.29 bits per heavy atom. The summed E-state index contributed by atoms with van der Waals surface area (Å²) in [6.45, 7) is 8.95. The van der Waals surface area contributed by atoms with E-state index in [-0.39, 0.29) is 55.1 Å². The van der Waals surface area contributed by atoms with Gasteiger partial charge in [-0.25, -0.2) is 12.8 Å². The minimum Gasteiger partial charge on any atom is -0.379 e. The Bertz CT molecular complexity index is 901. The minimum atomic E-state index is -3.99. The molecule has 1 aliphatic heterocycles. The van der Waals surface area contributed by atoms with E-state index in [9.17, 15) is 17.6 Å². The molecular weight excluding hydrogens is 383 g/mol. The van der Waals surface area contributed by atoms with Crippen LogP contribution in [0.1, 0.15) is 27.7 Å². The van der Waals surface area contributed by atoms with Crippen molar-refractivity contribution < 1.29 is 22.3 Å². The largest absolute Gasteiger partial charge is 0.379 e. The summed E-state index contributed by atoms with van der Waals surface area (Å²) in [7, 11) is -3.99. The lowest BCUT2D eigenvalue weighted by atomic mass is 10.1. The van der Waals surface area contributed by atoms with Crippen molar-refractivity contribution >= 4 is 21.6 Å². The molecule has 8 heteroatoms. The monoisotopic (exact) mass is 410 g/mol. The molecule has 2 aliphatic rings. The van der Waals surface area contributed by atoms with Crippen molar-refractivity contribution in [3.63, 3.8) is 0 Å². The Balaban J connectivity index is 1.80. The summed E-state index contributed by atoms with van der Waals surface area (Å²) in [6.07, 6.45) is 2.09. The molecule has 0 radical (unpaired) electrons. The van der Waals surface area contributed by atoms with Crippen molar-refractivity contribution in [2.75, 3.05) is 31.6 Å². The highest BCUT2D eigenvalue weighted by Gasteiger charge is 2.60. The third-order valence-electron chi connectivity index (χ3n) is 5.49. The Labute approximate surface area is 165 Å². The molecule has 1 amide bonds. The zero-order valence-electron chi connectivity index (χ0n) is 16.7. The Morgan fingerprint density at radius 3 is 2.54 bits per heavy atom. The molecular formula is C20H27FN2O4S. The van der Waals surface area contributed by atoms with Crippen LogP contribution in [0.25, 0.3) is 0 Å². The van der Waals surface area contributed by atoms with Crippen LogP contribution in [0, 0.1) is 23.1 Å². The van der Waals surface area contributed by atoms with E-state index in [1.54, 1.807) is 0 Å². The highest BCUT2D eigenvalue weighted by atomic mass is 32.2. The van der Waals surface area contributed by atoms with Gasteiger partial charge in [-0.1, -0.05) is 25.5 Å². The van der Waals surface area contributed by atoms with Gasteiger partial charge in [-0.05, 0) is 43.4 Å². The predicted octanol–water partition coefficient (Wildman–Crippen LogP) is 3.02. The van der Waals surface area contributed by atoms with Crippen molar-refractivity contribution in [1.82, 2.24) is 4.31 Å². The smallest absolute Gasteiger partial charge is 0.246 e. The zero-order valence-corrected chi connectivity index (χ0v) is 17.5. The van der Waals surface area contributed by atoms with E-state index >= 15 is 0 Å². The third kappa shape index (κ3) is 3.99. The first kappa shape index (κ1) is 21.0. The average molecular weight is 411 g/mol. The normalized spacial score (nSPS) is 24.5. The van der Waals surface area contributed by atoms with Crippen LogP contribution in [-0.4, -0.2) is 44.9 Å². The second-order valence-electron chi connectivity index (χ2n) is 8.22. The van der Waals surface area contributed by atoms with Crippen LogP contribution in [0.2, 0.25) is 0 Å². The van der Waals surface area contributed by atoms with E-state index < -0.39 is 20.7 Å². The lowest BCUT2D eigenvalue weighted by Gasteiger charge is -2.26. The maximum Gasteiger partial charge on any atom is 0.246 e. The zero-order chi connectivity index (χ0) is 20.7. The molecule has 154 valence electrons. The molecule has 1 heterocycles. The molecule has 2 fully saturated rings. The predicted molar refractivity (Wildman–Crippen MR) is 105 cm³/mol. The first-order valence-corrected chi connectivity index (χ1v) is 10.8. The summed E-state index contributed by atoms with van der Waals surface area (Å²) in [5, 5.41) is 2.76. The number of amides is 1. The summed E-state index contributed by atoms with van der Waals surface area (Å²) in [5.74, 6) is -1.09. The lowest BCUT2D eigenvalue weighted by molar-refractivity contribution is -0.118. The maximum atomic E-state index is 14.3. The van der Waals surface area contributed by atoms with Gasteiger partial charge in [-0.15, -0.1) is 0 Å². The fraction of sp³-hybridized carbons (Fsp3) is 0.550. The molecule has 1 N–H and O–H groups in total. The number of ether oxygens (including phenoxy) is 1. The third-order valence-corrected chi connectivity index (χ3v) is 7.41. The average Bonchev–Trinajstić information content (AvgIpc) is 3.16. The van der Waals surface area contributed by atoms with Crippen molar-refractivity contribution in [3.05, 3.63) is 35.7 Å². The second-order valence-corrected chi connectivity index (χ2v) is 10.1. The van der Waals surface area contributed by atoms with Crippen molar-refractivity contribution in [2.24, 2.45) is 17.3 Å². The van der Waals surface area contributed by atoms with Crippen molar-refractivity contribution in [2.45, 2.75) is 32.6 Å². The van der Waals surface area contributed by atoms with E-state index in [2.05, 4.69) is 11.4 Å². The molecule has 0 aromatic heterocycles. The standard InChI is InChI=1S/C20H27FN2O4S/c1-13(2)11-15-18(20(15,3)4)19(24)22-14-5-6-16(21)17(12-14)28(25,26)23-7-9-27-10-8-23/h5-6,11-12,15,18H,7-10H2,1-4H3,(H,22,24). The number of carbonyl (C=O) groups excluding carboxylic acids is 1. The van der Waals surface area contributed by atoms with Gasteiger partial charge in [0.05, 0.1) is 19.1 Å². The SMILES string of the molecule is CC(C)=CC1C(C(=O)Nc2ccc(F)c(S(=O)(=O)N3CCOCC3)c2)C1(C)C. The number of carbonyl (C=O) groups is 1. The van der Waals surface area contributed by atoms with Gasteiger partial charge in [0.15, 0.2) is 0 Å². The van der Waals surface area contributed by atoms with Gasteiger partial charge in [0.2, 0.25) is 15.9 Å². The van der Waals surface area contributed by atoms with Crippen LogP contribution in [0.3, 0.4) is 0 Å². The molecule has 6 nitrogen and oxygen atoms in total. The van der Waals surface area contributed by atoms with Crippen molar-refractivity contribution in [1.29, 1.82) is 0 Å². The van der Waals surface area contributed by atoms with Crippen molar-refractivity contribution in [3.8, 4) is 0 Å². The van der Waals surface area contributed by atoms with E-state index in [4.69, 9.17) is 4.74 Å². The van der Waals surface area contributed by atoms with Gasteiger partial charge in [-0.2, -0.15) is 4.31 Å². The van der Waals surface area contributed by atoms with Crippen LogP contribution in [0.4, 0.5) is 10.1 Å². The van der Waals surface area contributed by atoms with Crippen LogP contribution < -0.4 is 5.32 Å². The van der Waals surface area contributed by atoms with E-state index in [1.807, 2.05) is 27.7 Å². The number of allylic oxidation sites excluding steroid dienone is 2. The highest BCUT2D eigenvalue weighted by molar-refractivity contribution is 7.89. The van der Waals surface area contributed by atoms with Crippen LogP contribution in [-0.2, 0) is 19.6 Å². The molecule has 0 spiro atoms. The molecule has 3 rings (SSSR count). The Morgan fingerprint density at radius 2 is 1.93 bits per heavy atom. The maximum absolute atomic E-state index is 14.3. The summed E-state index contributed by atoms with van der Waals surface area (Å²) in [5.41, 5.74) is 1.26. The molecule has 28 heavy (non-hydrogen) atoms. The number of nitrogens with zero attached hydrogens (tertiary/aromatic N) is 1. The Kier molecular flexibility index (Phi) is 5.67. The number of rotatable bonds is 5. The first-order chi connectivity index (χ1) is 13.0. The first-order valence-electron chi connectivity index (χ1n) is 9.38. The fourth-order valence-electron chi connectivity index (χ4n) is 3.77. The molecule has 2 atom stereocenters. The molecule has 1 aliphatic carbocycles. The van der Waals surface area contributed by atoms with Crippen LogP contribution in [0.15, 0.2) is 34.7 Å². The van der Waals surface area contributed by atoms with Gasteiger partial charge < -0.3 is 10.1 Å². The van der Waals surface area contributed by atoms with Gasteiger partial charge in [0.1, 0.15) is 10.7 Å². The Hall–Kier alpha value is -1.77. The molecule has 1 saturated carbocycles. The molecule has 0 bridgehead atoms. The minimum absolute atomic E-state index is 0.134. The van der Waals surface area contributed by atoms with E-state index in [0.717, 1.165) is 11.6 Å². The summed E-state index contributed by atoms with van der Waals surface area (Å²) >= 11 is 0. The lowest BCUT2D eigenvalue weighted by Crippen LogP contribution is -2.40. The number of halogens is 1. The van der Waals surface area contributed by atoms with Gasteiger partial charge in [0, 0.05) is 18.8 Å². The van der Waals surface area contributed by atoms with E-state index in [0.29, 0.717) is 0 Å². The highest BCUT2D eigenvalue weighted by Crippen LogP contribution is 2.59. The quantitative estimate of drug-likeness (QED) is 0.757. The summed E-state index contributed by atoms with van der Waals surface area (Å²) < 4.78 is 46.2. The van der Waals surface area contributed by atoms with Crippen LogP contribution >= 0.6 is 0 Å². The number of nitrogens with one attached hydrogen (secondary N) is 1. The second kappa shape index (κ2) is 7.57. The van der Waals surface area contributed by atoms with Gasteiger partial charge in [0.25, 0.3) is 0 Å². The number of benzene rings is 1. The summed E-state index contributed by atoms with van der Waals surface area (Å²) in [4.78, 5) is 12.3. The molecule has 1 saturated heterocycles. The number of hydrogen-bond donors (Lipinski definition) is 1. The van der Waals surface area contributed by atoms with Gasteiger partial charge in [-0.3, -0.25) is 4.79 Å².